The molecule has 0 amide bonds. The molecule has 0 spiro atoms. The molecular weight excluding hydrogens is 372 g/mol. The van der Waals surface area contributed by atoms with Crippen molar-refractivity contribution in [1.29, 1.82) is 0 Å². The Morgan fingerprint density at radius 3 is 2.56 bits per heavy atom. The van der Waals surface area contributed by atoms with Crippen molar-refractivity contribution < 1.29 is 0 Å². The Morgan fingerprint density at radius 1 is 0.963 bits per heavy atom. The van der Waals surface area contributed by atoms with Gasteiger partial charge >= 0.3 is 0 Å². The van der Waals surface area contributed by atoms with Gasteiger partial charge in [-0.1, -0.05) is 60.3 Å². The molecular formula is C21H20N4S2. The highest BCUT2D eigenvalue weighted by atomic mass is 32.2. The third-order valence-corrected chi connectivity index (χ3v) is 6.16. The van der Waals surface area contributed by atoms with Crippen molar-refractivity contribution in [2.24, 2.45) is 0 Å². The predicted octanol–water partition coefficient (Wildman–Crippen LogP) is 5.22. The Kier molecular flexibility index (Phi) is 5.36. The van der Waals surface area contributed by atoms with Crippen molar-refractivity contribution in [3.63, 3.8) is 0 Å². The zero-order valence-corrected chi connectivity index (χ0v) is 16.9. The quantitative estimate of drug-likeness (QED) is 0.422. The molecule has 2 aromatic heterocycles. The summed E-state index contributed by atoms with van der Waals surface area (Å²) >= 11 is 3.40. The van der Waals surface area contributed by atoms with E-state index >= 15 is 0 Å². The maximum absolute atomic E-state index is 4.79. The van der Waals surface area contributed by atoms with E-state index in [4.69, 9.17) is 4.98 Å². The van der Waals surface area contributed by atoms with Crippen LogP contribution in [0.2, 0.25) is 0 Å². The van der Waals surface area contributed by atoms with Gasteiger partial charge in [-0.05, 0) is 31.0 Å². The molecule has 0 fully saturated rings. The number of rotatable bonds is 6. The lowest BCUT2D eigenvalue weighted by atomic mass is 10.2. The lowest BCUT2D eigenvalue weighted by molar-refractivity contribution is 0.861. The summed E-state index contributed by atoms with van der Waals surface area (Å²) < 4.78 is 2.12. The molecule has 0 radical (unpaired) electrons. The zero-order valence-electron chi connectivity index (χ0n) is 15.3. The third kappa shape index (κ3) is 4.12. The van der Waals surface area contributed by atoms with E-state index in [0.717, 1.165) is 39.5 Å². The Labute approximate surface area is 167 Å². The smallest absolute Gasteiger partial charge is 0.196 e. The number of hydrogen-bond acceptors (Lipinski definition) is 5. The summed E-state index contributed by atoms with van der Waals surface area (Å²) in [7, 11) is 0. The van der Waals surface area contributed by atoms with Gasteiger partial charge in [0.15, 0.2) is 5.16 Å². The maximum atomic E-state index is 4.79. The van der Waals surface area contributed by atoms with E-state index in [0.29, 0.717) is 0 Å². The van der Waals surface area contributed by atoms with Crippen LogP contribution < -0.4 is 0 Å². The summed E-state index contributed by atoms with van der Waals surface area (Å²) in [5, 5.41) is 12.9. The second kappa shape index (κ2) is 8.06. The van der Waals surface area contributed by atoms with E-state index < -0.39 is 0 Å². The Hall–Kier alpha value is -2.44. The normalized spacial score (nSPS) is 11.0. The first-order valence-corrected chi connectivity index (χ1v) is 10.7. The fourth-order valence-electron chi connectivity index (χ4n) is 2.93. The van der Waals surface area contributed by atoms with Gasteiger partial charge in [-0.15, -0.1) is 21.5 Å². The van der Waals surface area contributed by atoms with Crippen LogP contribution in [0.3, 0.4) is 0 Å². The Morgan fingerprint density at radius 2 is 1.74 bits per heavy atom. The molecule has 4 rings (SSSR count). The average molecular weight is 393 g/mol. The first-order chi connectivity index (χ1) is 13.2. The molecule has 0 saturated heterocycles. The van der Waals surface area contributed by atoms with E-state index in [1.54, 1.807) is 23.1 Å². The lowest BCUT2D eigenvalue weighted by Gasteiger charge is -2.10. The van der Waals surface area contributed by atoms with Crippen molar-refractivity contribution >= 4 is 23.1 Å². The summed E-state index contributed by atoms with van der Waals surface area (Å²) in [5.74, 6) is 1.69. The number of aryl methyl sites for hydroxylation is 2. The van der Waals surface area contributed by atoms with Gasteiger partial charge < -0.3 is 0 Å². The zero-order chi connectivity index (χ0) is 18.6. The first-order valence-electron chi connectivity index (χ1n) is 8.79. The Bertz CT molecular complexity index is 1040. The summed E-state index contributed by atoms with van der Waals surface area (Å²) in [6.45, 7) is 4.10. The highest BCUT2D eigenvalue weighted by Gasteiger charge is 2.14. The van der Waals surface area contributed by atoms with Gasteiger partial charge in [0, 0.05) is 17.6 Å². The summed E-state index contributed by atoms with van der Waals surface area (Å²) in [6.07, 6.45) is 0.884. The van der Waals surface area contributed by atoms with Crippen molar-refractivity contribution in [3.05, 3.63) is 87.6 Å². The number of para-hydroxylation sites is 1. The molecule has 136 valence electrons. The molecule has 0 aliphatic carbocycles. The van der Waals surface area contributed by atoms with E-state index in [2.05, 4.69) is 69.5 Å². The lowest BCUT2D eigenvalue weighted by Crippen LogP contribution is -2.01. The number of hydrogen-bond donors (Lipinski definition) is 0. The third-order valence-electron chi connectivity index (χ3n) is 4.30. The average Bonchev–Trinajstić information content (AvgIpc) is 3.28. The number of nitrogens with zero attached hydrogens (tertiary/aromatic N) is 4. The topological polar surface area (TPSA) is 43.6 Å². The van der Waals surface area contributed by atoms with Crippen LogP contribution in [0.5, 0.6) is 0 Å². The number of benzene rings is 2. The Balaban J connectivity index is 1.48. The van der Waals surface area contributed by atoms with Crippen LogP contribution in [0.4, 0.5) is 0 Å². The van der Waals surface area contributed by atoms with Crippen LogP contribution in [0, 0.1) is 13.8 Å². The highest BCUT2D eigenvalue weighted by molar-refractivity contribution is 7.98. The fourth-order valence-corrected chi connectivity index (χ4v) is 4.75. The van der Waals surface area contributed by atoms with Gasteiger partial charge in [-0.2, -0.15) is 0 Å². The predicted molar refractivity (Wildman–Crippen MR) is 112 cm³/mol. The van der Waals surface area contributed by atoms with Crippen LogP contribution in [0.15, 0.2) is 65.1 Å². The number of thiazole rings is 1. The molecule has 27 heavy (non-hydrogen) atoms. The van der Waals surface area contributed by atoms with Gasteiger partial charge in [0.1, 0.15) is 5.82 Å². The highest BCUT2D eigenvalue weighted by Crippen LogP contribution is 2.27. The molecule has 0 bridgehead atoms. The number of aromatic nitrogens is 4. The summed E-state index contributed by atoms with van der Waals surface area (Å²) in [5.41, 5.74) is 4.72. The molecule has 0 N–H and O–H groups in total. The minimum atomic E-state index is 0.787. The second-order valence-electron chi connectivity index (χ2n) is 6.34. The van der Waals surface area contributed by atoms with Crippen molar-refractivity contribution in [3.8, 4) is 5.69 Å². The van der Waals surface area contributed by atoms with Crippen LogP contribution in [0.25, 0.3) is 5.69 Å². The molecule has 2 heterocycles. The van der Waals surface area contributed by atoms with Gasteiger partial charge in [0.2, 0.25) is 0 Å². The van der Waals surface area contributed by atoms with Crippen LogP contribution in [-0.2, 0) is 12.2 Å². The SMILES string of the molecule is Cc1ccccc1-n1c(C)nnc1SCc1csc(Cc2ccccc2)n1. The molecule has 4 nitrogen and oxygen atoms in total. The summed E-state index contributed by atoms with van der Waals surface area (Å²) in [4.78, 5) is 4.79. The van der Waals surface area contributed by atoms with Crippen LogP contribution >= 0.6 is 23.1 Å². The molecule has 0 aliphatic heterocycles. The molecule has 0 atom stereocenters. The standard InChI is InChI=1S/C21H20N4S2/c1-15-8-6-7-11-19(15)25-16(2)23-24-21(25)27-14-18-13-26-20(22-18)12-17-9-4-3-5-10-17/h3-11,13H,12,14H2,1-2H3. The van der Waals surface area contributed by atoms with Gasteiger partial charge in [-0.25, -0.2) is 4.98 Å². The molecule has 4 aromatic rings. The molecule has 0 unspecified atom stereocenters. The van der Waals surface area contributed by atoms with E-state index in [1.807, 2.05) is 19.1 Å². The molecule has 2 aromatic carbocycles. The van der Waals surface area contributed by atoms with Crippen molar-refractivity contribution in [1.82, 2.24) is 19.7 Å². The van der Waals surface area contributed by atoms with Crippen molar-refractivity contribution in [2.75, 3.05) is 0 Å². The van der Waals surface area contributed by atoms with Crippen LogP contribution in [-0.4, -0.2) is 19.7 Å². The monoisotopic (exact) mass is 392 g/mol. The van der Waals surface area contributed by atoms with E-state index in [-0.39, 0.29) is 0 Å². The van der Waals surface area contributed by atoms with Gasteiger partial charge in [0.25, 0.3) is 0 Å². The molecule has 6 heteroatoms. The largest absolute Gasteiger partial charge is 0.274 e. The maximum Gasteiger partial charge on any atom is 0.196 e. The minimum absolute atomic E-state index is 0.787. The second-order valence-corrected chi connectivity index (χ2v) is 8.22. The van der Waals surface area contributed by atoms with Crippen molar-refractivity contribution in [2.45, 2.75) is 31.2 Å². The summed E-state index contributed by atoms with van der Waals surface area (Å²) in [6, 6.07) is 18.8. The van der Waals surface area contributed by atoms with E-state index in [1.165, 1.54) is 11.1 Å². The first kappa shape index (κ1) is 17.9. The molecule has 0 aliphatic rings. The minimum Gasteiger partial charge on any atom is -0.274 e. The fraction of sp³-hybridized carbons (Fsp3) is 0.190. The van der Waals surface area contributed by atoms with Crippen LogP contribution in [0.1, 0.15) is 27.7 Å². The van der Waals surface area contributed by atoms with E-state index in [9.17, 15) is 0 Å². The van der Waals surface area contributed by atoms with Gasteiger partial charge in [-0.3, -0.25) is 4.57 Å². The molecule has 0 saturated carbocycles. The van der Waals surface area contributed by atoms with Gasteiger partial charge in [0.05, 0.1) is 16.4 Å². The number of thioether (sulfide) groups is 1.